The van der Waals surface area contributed by atoms with Gasteiger partial charge in [-0.1, -0.05) is 36.4 Å². The first-order valence-electron chi connectivity index (χ1n) is 5.81. The van der Waals surface area contributed by atoms with Crippen molar-refractivity contribution in [2.24, 2.45) is 0 Å². The fourth-order valence-electron chi connectivity index (χ4n) is 2.02. The van der Waals surface area contributed by atoms with Crippen molar-refractivity contribution >= 4 is 22.4 Å². The molecule has 2 aromatic carbocycles. The van der Waals surface area contributed by atoms with Crippen LogP contribution in [0.15, 0.2) is 42.5 Å². The molecule has 0 saturated heterocycles. The van der Waals surface area contributed by atoms with Gasteiger partial charge in [-0.2, -0.15) is 13.2 Å². The Morgan fingerprint density at radius 2 is 1.74 bits per heavy atom. The standard InChI is InChI=1S/C14H12F3NO/c1-2-18(13(19)14(15,16)17)12-9-5-7-10-6-3-4-8-11(10)12/h3-9H,2H2,1H3. The zero-order valence-electron chi connectivity index (χ0n) is 10.2. The predicted octanol–water partition coefficient (Wildman–Crippen LogP) is 3.76. The van der Waals surface area contributed by atoms with E-state index in [0.29, 0.717) is 5.39 Å². The fraction of sp³-hybridized carbons (Fsp3) is 0.214. The maximum atomic E-state index is 12.6. The highest BCUT2D eigenvalue weighted by Crippen LogP contribution is 2.29. The third kappa shape index (κ3) is 2.54. The third-order valence-electron chi connectivity index (χ3n) is 2.86. The maximum Gasteiger partial charge on any atom is 0.471 e. The Kier molecular flexibility index (Phi) is 3.46. The van der Waals surface area contributed by atoms with Gasteiger partial charge in [-0.25, -0.2) is 0 Å². The monoisotopic (exact) mass is 267 g/mol. The maximum absolute atomic E-state index is 12.6. The van der Waals surface area contributed by atoms with Crippen molar-refractivity contribution in [2.45, 2.75) is 13.1 Å². The van der Waals surface area contributed by atoms with E-state index in [9.17, 15) is 18.0 Å². The minimum Gasteiger partial charge on any atom is -0.304 e. The largest absolute Gasteiger partial charge is 0.471 e. The molecule has 0 spiro atoms. The molecule has 0 saturated carbocycles. The van der Waals surface area contributed by atoms with E-state index in [2.05, 4.69) is 0 Å². The van der Waals surface area contributed by atoms with Gasteiger partial charge in [0.1, 0.15) is 0 Å². The van der Waals surface area contributed by atoms with E-state index in [0.717, 1.165) is 10.3 Å². The van der Waals surface area contributed by atoms with Crippen molar-refractivity contribution in [3.63, 3.8) is 0 Å². The predicted molar refractivity (Wildman–Crippen MR) is 68.0 cm³/mol. The first kappa shape index (κ1) is 13.4. The van der Waals surface area contributed by atoms with E-state index in [1.807, 2.05) is 0 Å². The molecule has 2 rings (SSSR count). The van der Waals surface area contributed by atoms with Crippen LogP contribution in [0, 0.1) is 0 Å². The van der Waals surface area contributed by atoms with Gasteiger partial charge < -0.3 is 4.90 Å². The number of carbonyl (C=O) groups excluding carboxylic acids is 1. The lowest BCUT2D eigenvalue weighted by Crippen LogP contribution is -2.41. The second-order valence-electron chi connectivity index (χ2n) is 4.05. The van der Waals surface area contributed by atoms with Crippen molar-refractivity contribution in [3.8, 4) is 0 Å². The number of rotatable bonds is 2. The number of halogens is 3. The minimum atomic E-state index is -4.87. The van der Waals surface area contributed by atoms with Crippen molar-refractivity contribution in [1.29, 1.82) is 0 Å². The molecule has 0 aliphatic heterocycles. The summed E-state index contributed by atoms with van der Waals surface area (Å²) in [6, 6.07) is 12.0. The summed E-state index contributed by atoms with van der Waals surface area (Å²) in [4.78, 5) is 12.2. The Hall–Kier alpha value is -2.04. The Morgan fingerprint density at radius 3 is 2.37 bits per heavy atom. The van der Waals surface area contributed by atoms with Gasteiger partial charge in [0.2, 0.25) is 0 Å². The third-order valence-corrected chi connectivity index (χ3v) is 2.86. The van der Waals surface area contributed by atoms with Gasteiger partial charge in [0, 0.05) is 11.9 Å². The van der Waals surface area contributed by atoms with Crippen LogP contribution in [0.1, 0.15) is 6.92 Å². The fourth-order valence-corrected chi connectivity index (χ4v) is 2.02. The first-order valence-corrected chi connectivity index (χ1v) is 5.81. The van der Waals surface area contributed by atoms with E-state index >= 15 is 0 Å². The molecular formula is C14H12F3NO. The molecular weight excluding hydrogens is 255 g/mol. The average Bonchev–Trinajstić information content (AvgIpc) is 2.38. The summed E-state index contributed by atoms with van der Waals surface area (Å²) >= 11 is 0. The molecule has 2 nitrogen and oxygen atoms in total. The molecule has 0 aliphatic carbocycles. The number of anilines is 1. The van der Waals surface area contributed by atoms with Gasteiger partial charge in [0.05, 0.1) is 5.69 Å². The summed E-state index contributed by atoms with van der Waals surface area (Å²) in [5.41, 5.74) is 0.280. The minimum absolute atomic E-state index is 0.0354. The number of hydrogen-bond donors (Lipinski definition) is 0. The molecule has 2 aromatic rings. The van der Waals surface area contributed by atoms with Crippen LogP contribution in [0.3, 0.4) is 0 Å². The topological polar surface area (TPSA) is 20.3 Å². The quantitative estimate of drug-likeness (QED) is 0.811. The lowest BCUT2D eigenvalue weighted by molar-refractivity contribution is -0.170. The van der Waals surface area contributed by atoms with E-state index < -0.39 is 12.1 Å². The van der Waals surface area contributed by atoms with Crippen LogP contribution >= 0.6 is 0 Å². The zero-order chi connectivity index (χ0) is 14.0. The number of nitrogens with zero attached hydrogens (tertiary/aromatic N) is 1. The van der Waals surface area contributed by atoms with Gasteiger partial charge >= 0.3 is 12.1 Å². The molecule has 5 heteroatoms. The van der Waals surface area contributed by atoms with E-state index in [1.54, 1.807) is 36.4 Å². The summed E-state index contributed by atoms with van der Waals surface area (Å²) in [5.74, 6) is -1.84. The van der Waals surface area contributed by atoms with Crippen molar-refractivity contribution in [1.82, 2.24) is 0 Å². The van der Waals surface area contributed by atoms with E-state index in [4.69, 9.17) is 0 Å². The SMILES string of the molecule is CCN(C(=O)C(F)(F)F)c1cccc2ccccc12. The first-order chi connectivity index (χ1) is 8.95. The molecule has 0 aliphatic rings. The van der Waals surface area contributed by atoms with Crippen LogP contribution in [-0.2, 0) is 4.79 Å². The lowest BCUT2D eigenvalue weighted by Gasteiger charge is -2.23. The summed E-state index contributed by atoms with van der Waals surface area (Å²) in [7, 11) is 0. The molecule has 19 heavy (non-hydrogen) atoms. The van der Waals surface area contributed by atoms with Crippen molar-refractivity contribution < 1.29 is 18.0 Å². The molecule has 0 radical (unpaired) electrons. The van der Waals surface area contributed by atoms with Crippen LogP contribution in [0.4, 0.5) is 18.9 Å². The van der Waals surface area contributed by atoms with E-state index in [1.165, 1.54) is 13.0 Å². The summed E-state index contributed by atoms with van der Waals surface area (Å²) < 4.78 is 37.7. The van der Waals surface area contributed by atoms with Crippen LogP contribution in [-0.4, -0.2) is 18.6 Å². The van der Waals surface area contributed by atoms with Crippen LogP contribution < -0.4 is 4.90 Å². The highest BCUT2D eigenvalue weighted by atomic mass is 19.4. The molecule has 0 N–H and O–H groups in total. The summed E-state index contributed by atoms with van der Waals surface area (Å²) in [6.07, 6.45) is -4.87. The Morgan fingerprint density at radius 1 is 1.11 bits per heavy atom. The molecule has 0 aromatic heterocycles. The average molecular weight is 267 g/mol. The molecule has 0 unspecified atom stereocenters. The number of fused-ring (bicyclic) bond motifs is 1. The van der Waals surface area contributed by atoms with Gasteiger partial charge in [0.15, 0.2) is 0 Å². The summed E-state index contributed by atoms with van der Waals surface area (Å²) in [6.45, 7) is 1.48. The molecule has 0 heterocycles. The van der Waals surface area contributed by atoms with Crippen LogP contribution in [0.5, 0.6) is 0 Å². The smallest absolute Gasteiger partial charge is 0.304 e. The Balaban J connectivity index is 2.56. The van der Waals surface area contributed by atoms with Gasteiger partial charge in [-0.15, -0.1) is 0 Å². The number of benzene rings is 2. The number of alkyl halides is 3. The van der Waals surface area contributed by atoms with Crippen molar-refractivity contribution in [2.75, 3.05) is 11.4 Å². The van der Waals surface area contributed by atoms with E-state index in [-0.39, 0.29) is 12.2 Å². The van der Waals surface area contributed by atoms with Crippen molar-refractivity contribution in [3.05, 3.63) is 42.5 Å². The molecule has 1 amide bonds. The molecule has 0 atom stereocenters. The van der Waals surface area contributed by atoms with Gasteiger partial charge in [-0.3, -0.25) is 4.79 Å². The van der Waals surface area contributed by atoms with Crippen LogP contribution in [0.25, 0.3) is 10.8 Å². The second kappa shape index (κ2) is 4.91. The Bertz CT molecular complexity index is 602. The number of amides is 1. The highest BCUT2D eigenvalue weighted by Gasteiger charge is 2.42. The van der Waals surface area contributed by atoms with Gasteiger partial charge in [-0.05, 0) is 18.4 Å². The summed E-state index contributed by atoms with van der Waals surface area (Å²) in [5, 5.41) is 1.43. The van der Waals surface area contributed by atoms with Crippen LogP contribution in [0.2, 0.25) is 0 Å². The lowest BCUT2D eigenvalue weighted by atomic mass is 10.1. The number of hydrogen-bond acceptors (Lipinski definition) is 1. The molecule has 0 fully saturated rings. The zero-order valence-corrected chi connectivity index (χ0v) is 10.2. The highest BCUT2D eigenvalue weighted by molar-refractivity contribution is 6.05. The normalized spacial score (nSPS) is 11.6. The second-order valence-corrected chi connectivity index (χ2v) is 4.05. The molecule has 100 valence electrons. The molecule has 0 bridgehead atoms. The Labute approximate surface area is 108 Å². The number of carbonyl (C=O) groups is 1. The van der Waals surface area contributed by atoms with Gasteiger partial charge in [0.25, 0.3) is 0 Å².